The minimum Gasteiger partial charge on any atom is -0.365 e. The summed E-state index contributed by atoms with van der Waals surface area (Å²) in [6.45, 7) is 2.03. The fourth-order valence-corrected chi connectivity index (χ4v) is 2.50. The van der Waals surface area contributed by atoms with Crippen LogP contribution in [0.1, 0.15) is 23.2 Å². The first-order valence-corrected chi connectivity index (χ1v) is 7.60. The molecule has 0 radical (unpaired) electrons. The molecule has 0 unspecified atom stereocenters. The van der Waals surface area contributed by atoms with E-state index in [9.17, 15) is 9.18 Å². The summed E-state index contributed by atoms with van der Waals surface area (Å²) in [5.74, 6) is 0.103. The molecule has 0 spiro atoms. The first kappa shape index (κ1) is 15.9. The number of carbonyl (C=O) groups is 1. The van der Waals surface area contributed by atoms with Gasteiger partial charge in [0.15, 0.2) is 5.65 Å². The van der Waals surface area contributed by atoms with Gasteiger partial charge in [-0.2, -0.15) is 5.10 Å². The van der Waals surface area contributed by atoms with Gasteiger partial charge < -0.3 is 10.6 Å². The molecule has 0 atom stereocenters. The van der Waals surface area contributed by atoms with Crippen LogP contribution in [-0.2, 0) is 0 Å². The number of hydrogen-bond donors (Lipinski definition) is 1. The zero-order chi connectivity index (χ0) is 16.9. The molecule has 1 aliphatic rings. The average molecular weight is 328 g/mol. The van der Waals surface area contributed by atoms with Crippen molar-refractivity contribution in [1.82, 2.24) is 19.6 Å². The van der Waals surface area contributed by atoms with Gasteiger partial charge in [-0.25, -0.2) is 13.9 Å². The first-order valence-electron chi connectivity index (χ1n) is 7.60. The second-order valence-corrected chi connectivity index (χ2v) is 5.34. The van der Waals surface area contributed by atoms with Gasteiger partial charge in [0.25, 0.3) is 5.91 Å². The summed E-state index contributed by atoms with van der Waals surface area (Å²) in [5.41, 5.74) is 6.18. The van der Waals surface area contributed by atoms with Gasteiger partial charge >= 0.3 is 0 Å². The number of amides is 1. The lowest BCUT2D eigenvalue weighted by molar-refractivity contribution is 0.100. The molecule has 2 N–H and O–H groups in total. The van der Waals surface area contributed by atoms with E-state index in [1.807, 2.05) is 12.3 Å². The van der Waals surface area contributed by atoms with Crippen LogP contribution in [0.15, 0.2) is 43.0 Å². The number of anilines is 1. The Kier molecular flexibility index (Phi) is 4.64. The lowest BCUT2D eigenvalue weighted by Crippen LogP contribution is -2.19. The summed E-state index contributed by atoms with van der Waals surface area (Å²) in [6.07, 6.45) is 8.34. The highest BCUT2D eigenvalue weighted by Crippen LogP contribution is 2.19. The number of carbonyl (C=O) groups excluding carboxylic acids is 1. The number of primary amides is 1. The van der Waals surface area contributed by atoms with Crippen LogP contribution >= 0.6 is 0 Å². The zero-order valence-corrected chi connectivity index (χ0v) is 13.0. The summed E-state index contributed by atoms with van der Waals surface area (Å²) in [4.78, 5) is 21.4. The van der Waals surface area contributed by atoms with Gasteiger partial charge in [0.2, 0.25) is 0 Å². The topological polar surface area (TPSA) is 89.4 Å². The van der Waals surface area contributed by atoms with Crippen LogP contribution < -0.4 is 10.6 Å². The van der Waals surface area contributed by atoms with E-state index in [0.717, 1.165) is 18.9 Å². The first-order chi connectivity index (χ1) is 11.6. The molecular formula is C16H17FN6O. The average Bonchev–Trinajstić information content (AvgIpc) is 3.25. The maximum atomic E-state index is 11.8. The van der Waals surface area contributed by atoms with Crippen molar-refractivity contribution in [2.75, 3.05) is 18.0 Å². The highest BCUT2D eigenvalue weighted by atomic mass is 19.1. The number of nitrogens with zero attached hydrogens (tertiary/aromatic N) is 5. The van der Waals surface area contributed by atoms with Crippen molar-refractivity contribution in [3.05, 3.63) is 54.4 Å². The van der Waals surface area contributed by atoms with Gasteiger partial charge in [-0.05, 0) is 31.0 Å². The maximum Gasteiger partial charge on any atom is 0.254 e. The van der Waals surface area contributed by atoms with Crippen molar-refractivity contribution in [2.24, 2.45) is 5.73 Å². The summed E-state index contributed by atoms with van der Waals surface area (Å²) in [7, 11) is 0. The summed E-state index contributed by atoms with van der Waals surface area (Å²) in [6, 6.07) is 4.82. The number of nitrogens with two attached hydrogens (primary N) is 1. The molecular weight excluding hydrogens is 311 g/mol. The Balaban J connectivity index is 0.000000203. The molecule has 0 aliphatic carbocycles. The van der Waals surface area contributed by atoms with Crippen molar-refractivity contribution < 1.29 is 9.18 Å². The van der Waals surface area contributed by atoms with Crippen molar-refractivity contribution in [3.63, 3.8) is 0 Å². The molecule has 7 nitrogen and oxygen atoms in total. The molecule has 1 amide bonds. The third-order valence-corrected chi connectivity index (χ3v) is 3.68. The molecule has 1 aliphatic heterocycles. The van der Waals surface area contributed by atoms with E-state index < -0.39 is 5.91 Å². The van der Waals surface area contributed by atoms with Crippen LogP contribution in [0.3, 0.4) is 0 Å². The van der Waals surface area contributed by atoms with E-state index >= 15 is 0 Å². The molecule has 1 fully saturated rings. The van der Waals surface area contributed by atoms with Gasteiger partial charge in [-0.15, -0.1) is 0 Å². The Hall–Kier alpha value is -3.03. The Morgan fingerprint density at radius 2 is 2.00 bits per heavy atom. The molecule has 1 saturated heterocycles. The molecule has 3 aromatic heterocycles. The number of aromatic nitrogens is 4. The van der Waals surface area contributed by atoms with E-state index in [4.69, 9.17) is 5.73 Å². The van der Waals surface area contributed by atoms with E-state index in [0.29, 0.717) is 11.2 Å². The number of rotatable bonds is 2. The van der Waals surface area contributed by atoms with Crippen LogP contribution in [0.2, 0.25) is 0 Å². The van der Waals surface area contributed by atoms with Crippen LogP contribution in [0.25, 0.3) is 5.65 Å². The van der Waals surface area contributed by atoms with Gasteiger partial charge in [-0.3, -0.25) is 9.78 Å². The van der Waals surface area contributed by atoms with Crippen LogP contribution in [-0.4, -0.2) is 38.6 Å². The summed E-state index contributed by atoms with van der Waals surface area (Å²) < 4.78 is 13.4. The minimum absolute atomic E-state index is 0.289. The molecule has 4 rings (SSSR count). The van der Waals surface area contributed by atoms with Crippen molar-refractivity contribution >= 4 is 17.4 Å². The lowest BCUT2D eigenvalue weighted by atomic mass is 10.3. The quantitative estimate of drug-likeness (QED) is 0.772. The summed E-state index contributed by atoms with van der Waals surface area (Å²) >= 11 is 0. The van der Waals surface area contributed by atoms with Crippen molar-refractivity contribution in [1.29, 1.82) is 0 Å². The molecule has 0 saturated carbocycles. The van der Waals surface area contributed by atoms with Crippen molar-refractivity contribution in [3.8, 4) is 0 Å². The molecule has 0 aromatic carbocycles. The predicted octanol–water partition coefficient (Wildman–Crippen LogP) is 1.65. The van der Waals surface area contributed by atoms with Gasteiger partial charge in [-0.1, -0.05) is 0 Å². The van der Waals surface area contributed by atoms with E-state index in [-0.39, 0.29) is 5.82 Å². The highest BCUT2D eigenvalue weighted by Gasteiger charge is 2.16. The van der Waals surface area contributed by atoms with Crippen LogP contribution in [0.5, 0.6) is 0 Å². The SMILES string of the molecule is Fc1cccnc1.NC(=O)c1cnn2ccc(N3CCCC3)nc12. The number of fused-ring (bicyclic) bond motifs is 1. The number of halogens is 1. The van der Waals surface area contributed by atoms with Gasteiger partial charge in [0.1, 0.15) is 17.2 Å². The highest BCUT2D eigenvalue weighted by molar-refractivity contribution is 5.98. The van der Waals surface area contributed by atoms with Crippen molar-refractivity contribution in [2.45, 2.75) is 12.8 Å². The molecule has 8 heteroatoms. The fraction of sp³-hybridized carbons (Fsp3) is 0.250. The normalized spacial score (nSPS) is 13.6. The van der Waals surface area contributed by atoms with Crippen LogP contribution in [0.4, 0.5) is 10.2 Å². The fourth-order valence-electron chi connectivity index (χ4n) is 2.50. The zero-order valence-electron chi connectivity index (χ0n) is 13.0. The number of pyridine rings is 1. The Labute approximate surface area is 137 Å². The number of hydrogen-bond acceptors (Lipinski definition) is 5. The predicted molar refractivity (Wildman–Crippen MR) is 87.1 cm³/mol. The Morgan fingerprint density at radius 1 is 1.21 bits per heavy atom. The van der Waals surface area contributed by atoms with Gasteiger partial charge in [0.05, 0.1) is 12.4 Å². The second-order valence-electron chi connectivity index (χ2n) is 5.34. The lowest BCUT2D eigenvalue weighted by Gasteiger charge is -2.15. The minimum atomic E-state index is -0.494. The third-order valence-electron chi connectivity index (χ3n) is 3.68. The molecule has 4 heterocycles. The Bertz CT molecular complexity index is 829. The largest absolute Gasteiger partial charge is 0.365 e. The van der Waals surface area contributed by atoms with Crippen LogP contribution in [0, 0.1) is 5.82 Å². The summed E-state index contributed by atoms with van der Waals surface area (Å²) in [5, 5.41) is 4.04. The van der Waals surface area contributed by atoms with E-state index in [2.05, 4.69) is 20.0 Å². The molecule has 3 aromatic rings. The molecule has 0 bridgehead atoms. The van der Waals surface area contributed by atoms with E-state index in [1.54, 1.807) is 10.6 Å². The monoisotopic (exact) mass is 328 g/mol. The van der Waals surface area contributed by atoms with E-state index in [1.165, 1.54) is 37.5 Å². The third kappa shape index (κ3) is 3.48. The second kappa shape index (κ2) is 7.03. The smallest absolute Gasteiger partial charge is 0.254 e. The molecule has 124 valence electrons. The maximum absolute atomic E-state index is 11.8. The van der Waals surface area contributed by atoms with Gasteiger partial charge in [0, 0.05) is 25.5 Å². The standard InChI is InChI=1S/C11H13N5O.C5H4FN/c12-10(17)8-7-13-16-6-3-9(14-11(8)16)15-4-1-2-5-15;6-5-2-1-3-7-4-5/h3,6-7H,1-2,4-5H2,(H2,12,17);1-4H. The molecule has 24 heavy (non-hydrogen) atoms. The Morgan fingerprint density at radius 3 is 2.58 bits per heavy atom.